The zero-order valence-corrected chi connectivity index (χ0v) is 9.84. The second-order valence-corrected chi connectivity index (χ2v) is 3.98. The first-order valence-corrected chi connectivity index (χ1v) is 5.65. The fourth-order valence-corrected chi connectivity index (χ4v) is 1.78. The SMILES string of the molecule is COc1ccc(CC(O)c2ccccc2)cc1. The van der Waals surface area contributed by atoms with Crippen molar-refractivity contribution in [1.82, 2.24) is 0 Å². The molecule has 0 saturated heterocycles. The summed E-state index contributed by atoms with van der Waals surface area (Å²) in [5, 5.41) is 10.1. The third-order valence-electron chi connectivity index (χ3n) is 2.77. The average molecular weight is 228 g/mol. The van der Waals surface area contributed by atoms with Gasteiger partial charge in [0.2, 0.25) is 0 Å². The maximum absolute atomic E-state index is 10.1. The minimum Gasteiger partial charge on any atom is -0.497 e. The second kappa shape index (κ2) is 5.51. The van der Waals surface area contributed by atoms with Gasteiger partial charge >= 0.3 is 0 Å². The van der Waals surface area contributed by atoms with Gasteiger partial charge in [-0.05, 0) is 23.3 Å². The van der Waals surface area contributed by atoms with E-state index >= 15 is 0 Å². The smallest absolute Gasteiger partial charge is 0.118 e. The quantitative estimate of drug-likeness (QED) is 0.871. The Kier molecular flexibility index (Phi) is 3.78. The summed E-state index contributed by atoms with van der Waals surface area (Å²) in [5.74, 6) is 0.836. The molecule has 0 bridgehead atoms. The molecule has 0 heterocycles. The molecule has 2 rings (SSSR count). The monoisotopic (exact) mass is 228 g/mol. The number of benzene rings is 2. The van der Waals surface area contributed by atoms with E-state index in [1.54, 1.807) is 7.11 Å². The molecule has 2 nitrogen and oxygen atoms in total. The molecule has 2 aromatic carbocycles. The van der Waals surface area contributed by atoms with Crippen molar-refractivity contribution in [2.75, 3.05) is 7.11 Å². The molecular formula is C15H16O2. The third-order valence-corrected chi connectivity index (χ3v) is 2.77. The van der Waals surface area contributed by atoms with E-state index in [0.29, 0.717) is 6.42 Å². The zero-order valence-electron chi connectivity index (χ0n) is 9.84. The highest BCUT2D eigenvalue weighted by atomic mass is 16.5. The first-order valence-electron chi connectivity index (χ1n) is 5.65. The summed E-state index contributed by atoms with van der Waals surface area (Å²) < 4.78 is 5.10. The molecule has 0 aliphatic carbocycles. The van der Waals surface area contributed by atoms with Crippen LogP contribution in [0, 0.1) is 0 Å². The van der Waals surface area contributed by atoms with Gasteiger partial charge in [-0.15, -0.1) is 0 Å². The third kappa shape index (κ3) is 3.08. The number of hydrogen-bond acceptors (Lipinski definition) is 2. The Balaban J connectivity index is 2.05. The predicted molar refractivity (Wildman–Crippen MR) is 68.1 cm³/mol. The first-order chi connectivity index (χ1) is 8.29. The van der Waals surface area contributed by atoms with Gasteiger partial charge in [-0.3, -0.25) is 0 Å². The summed E-state index contributed by atoms with van der Waals surface area (Å²) in [7, 11) is 1.65. The number of hydrogen-bond donors (Lipinski definition) is 1. The van der Waals surface area contributed by atoms with Crippen LogP contribution in [-0.2, 0) is 6.42 Å². The van der Waals surface area contributed by atoms with E-state index in [0.717, 1.165) is 16.9 Å². The molecule has 0 aromatic heterocycles. The van der Waals surface area contributed by atoms with Gasteiger partial charge in [0, 0.05) is 6.42 Å². The van der Waals surface area contributed by atoms with Crippen molar-refractivity contribution in [3.63, 3.8) is 0 Å². The maximum Gasteiger partial charge on any atom is 0.118 e. The zero-order chi connectivity index (χ0) is 12.1. The van der Waals surface area contributed by atoms with Crippen molar-refractivity contribution in [3.05, 3.63) is 65.7 Å². The summed E-state index contributed by atoms with van der Waals surface area (Å²) in [5.41, 5.74) is 2.05. The molecule has 0 aliphatic heterocycles. The minimum atomic E-state index is -0.454. The Bertz CT molecular complexity index is 448. The lowest BCUT2D eigenvalue weighted by atomic mass is 10.0. The van der Waals surface area contributed by atoms with Crippen molar-refractivity contribution < 1.29 is 9.84 Å². The Morgan fingerprint density at radius 3 is 2.24 bits per heavy atom. The molecule has 0 amide bonds. The van der Waals surface area contributed by atoms with Crippen LogP contribution in [-0.4, -0.2) is 12.2 Å². The van der Waals surface area contributed by atoms with Crippen LogP contribution in [0.4, 0.5) is 0 Å². The second-order valence-electron chi connectivity index (χ2n) is 3.98. The maximum atomic E-state index is 10.1. The summed E-state index contributed by atoms with van der Waals surface area (Å²) >= 11 is 0. The topological polar surface area (TPSA) is 29.5 Å². The Labute approximate surface area is 101 Å². The van der Waals surface area contributed by atoms with E-state index in [2.05, 4.69) is 0 Å². The van der Waals surface area contributed by atoms with Crippen molar-refractivity contribution >= 4 is 0 Å². The molecule has 2 aromatic rings. The number of methoxy groups -OCH3 is 1. The minimum absolute atomic E-state index is 0.454. The highest BCUT2D eigenvalue weighted by Gasteiger charge is 2.07. The molecule has 2 heteroatoms. The normalized spacial score (nSPS) is 12.1. The number of aliphatic hydroxyl groups is 1. The van der Waals surface area contributed by atoms with Crippen LogP contribution in [0.25, 0.3) is 0 Å². The molecule has 0 fully saturated rings. The van der Waals surface area contributed by atoms with Gasteiger partial charge in [0.1, 0.15) is 5.75 Å². The molecule has 0 aliphatic rings. The number of ether oxygens (including phenoxy) is 1. The lowest BCUT2D eigenvalue weighted by Gasteiger charge is -2.11. The van der Waals surface area contributed by atoms with E-state index in [4.69, 9.17) is 4.74 Å². The first kappa shape index (κ1) is 11.7. The van der Waals surface area contributed by atoms with Crippen molar-refractivity contribution in [2.45, 2.75) is 12.5 Å². The van der Waals surface area contributed by atoms with Crippen LogP contribution < -0.4 is 4.74 Å². The van der Waals surface area contributed by atoms with Crippen LogP contribution in [0.5, 0.6) is 5.75 Å². The van der Waals surface area contributed by atoms with E-state index < -0.39 is 6.10 Å². The van der Waals surface area contributed by atoms with Crippen molar-refractivity contribution in [3.8, 4) is 5.75 Å². The van der Waals surface area contributed by atoms with Gasteiger partial charge in [0.15, 0.2) is 0 Å². The van der Waals surface area contributed by atoms with Crippen molar-refractivity contribution in [2.24, 2.45) is 0 Å². The number of aliphatic hydroxyl groups excluding tert-OH is 1. The molecule has 0 radical (unpaired) electrons. The number of rotatable bonds is 4. The average Bonchev–Trinajstić information content (AvgIpc) is 2.40. The lowest BCUT2D eigenvalue weighted by molar-refractivity contribution is 0.178. The summed E-state index contributed by atoms with van der Waals surface area (Å²) in [6, 6.07) is 17.5. The van der Waals surface area contributed by atoms with E-state index in [1.807, 2.05) is 54.6 Å². The van der Waals surface area contributed by atoms with E-state index in [1.165, 1.54) is 0 Å². The van der Waals surface area contributed by atoms with Gasteiger partial charge in [0.25, 0.3) is 0 Å². The van der Waals surface area contributed by atoms with Crippen LogP contribution in [0.3, 0.4) is 0 Å². The molecule has 88 valence electrons. The molecule has 1 N–H and O–H groups in total. The molecule has 1 atom stereocenters. The Morgan fingerprint density at radius 2 is 1.65 bits per heavy atom. The predicted octanol–water partition coefficient (Wildman–Crippen LogP) is 2.97. The summed E-state index contributed by atoms with van der Waals surface area (Å²) in [4.78, 5) is 0. The Morgan fingerprint density at radius 1 is 1.00 bits per heavy atom. The van der Waals surface area contributed by atoms with Crippen LogP contribution in [0.15, 0.2) is 54.6 Å². The van der Waals surface area contributed by atoms with Crippen LogP contribution >= 0.6 is 0 Å². The largest absolute Gasteiger partial charge is 0.497 e. The molecule has 0 spiro atoms. The molecular weight excluding hydrogens is 212 g/mol. The lowest BCUT2D eigenvalue weighted by Crippen LogP contribution is -2.01. The fourth-order valence-electron chi connectivity index (χ4n) is 1.78. The van der Waals surface area contributed by atoms with Gasteiger partial charge in [-0.1, -0.05) is 42.5 Å². The Hall–Kier alpha value is -1.80. The van der Waals surface area contributed by atoms with Gasteiger partial charge in [-0.25, -0.2) is 0 Å². The van der Waals surface area contributed by atoms with E-state index in [-0.39, 0.29) is 0 Å². The highest BCUT2D eigenvalue weighted by molar-refractivity contribution is 5.28. The standard InChI is InChI=1S/C15H16O2/c1-17-14-9-7-12(8-10-14)11-15(16)13-5-3-2-4-6-13/h2-10,15-16H,11H2,1H3. The summed E-state index contributed by atoms with van der Waals surface area (Å²) in [6.07, 6.45) is 0.165. The highest BCUT2D eigenvalue weighted by Crippen LogP contribution is 2.19. The van der Waals surface area contributed by atoms with Crippen LogP contribution in [0.1, 0.15) is 17.2 Å². The molecule has 17 heavy (non-hydrogen) atoms. The van der Waals surface area contributed by atoms with Gasteiger partial charge < -0.3 is 9.84 Å². The fraction of sp³-hybridized carbons (Fsp3) is 0.200. The summed E-state index contributed by atoms with van der Waals surface area (Å²) in [6.45, 7) is 0. The van der Waals surface area contributed by atoms with Crippen LogP contribution in [0.2, 0.25) is 0 Å². The molecule has 0 saturated carbocycles. The van der Waals surface area contributed by atoms with E-state index in [9.17, 15) is 5.11 Å². The van der Waals surface area contributed by atoms with Gasteiger partial charge in [0.05, 0.1) is 13.2 Å². The van der Waals surface area contributed by atoms with Gasteiger partial charge in [-0.2, -0.15) is 0 Å². The molecule has 1 unspecified atom stereocenters. The van der Waals surface area contributed by atoms with Crippen molar-refractivity contribution in [1.29, 1.82) is 0 Å².